The molecular formula is C7H12Y13-2. The molecule has 13 heteroatoms. The second-order valence-electron chi connectivity index (χ2n) is 1.38. The van der Waals surface area contributed by atoms with E-state index in [1.165, 1.54) is 0 Å². The van der Waals surface area contributed by atoms with Gasteiger partial charge in [-0.25, -0.2) is 0 Å². The van der Waals surface area contributed by atoms with Crippen molar-refractivity contribution < 1.29 is 425 Å². The van der Waals surface area contributed by atoms with Gasteiger partial charge in [0.05, 0.1) is 0 Å². The molecule has 0 saturated carbocycles. The van der Waals surface area contributed by atoms with Crippen molar-refractivity contribution in [1.29, 1.82) is 0 Å². The SMILES string of the molecule is C=[C-]CC(=C)C.[CH3-].[Y].[Y].[Y].[Y].[Y].[Y].[Y].[Y].[Y].[Y].[Y].[Y].[Y]. The predicted octanol–water partition coefficient (Wildman–Crippen LogP) is 2.36. The Hall–Kier alpha value is 13.8. The van der Waals surface area contributed by atoms with E-state index in [0.29, 0.717) is 0 Å². The van der Waals surface area contributed by atoms with Crippen LogP contribution in [0.3, 0.4) is 0 Å². The molecule has 0 nitrogen and oxygen atoms in total. The fraction of sp³-hybridized carbons (Fsp3) is 0.286. The maximum atomic E-state index is 3.64. The molecule has 0 saturated heterocycles. The average molecular weight is 1250 g/mol. The van der Waals surface area contributed by atoms with E-state index in [1.807, 2.05) is 6.92 Å². The van der Waals surface area contributed by atoms with Crippen LogP contribution in [-0.2, 0) is 425 Å². The van der Waals surface area contributed by atoms with Gasteiger partial charge in [0.15, 0.2) is 0 Å². The molecule has 0 aliphatic rings. The average Bonchev–Trinajstić information content (AvgIpc) is 1.35. The molecular weight excluding hydrogens is 1240 g/mol. The first kappa shape index (κ1) is 103. The summed E-state index contributed by atoms with van der Waals surface area (Å²) in [6, 6.07) is 0. The summed E-state index contributed by atoms with van der Waals surface area (Å²) in [5.41, 5.74) is 1.12. The first-order chi connectivity index (χ1) is 2.77. The van der Waals surface area contributed by atoms with Crippen molar-refractivity contribution in [2.24, 2.45) is 0 Å². The van der Waals surface area contributed by atoms with Crippen molar-refractivity contribution in [3.63, 3.8) is 0 Å². The van der Waals surface area contributed by atoms with Crippen molar-refractivity contribution in [1.82, 2.24) is 0 Å². The van der Waals surface area contributed by atoms with Gasteiger partial charge in [0.25, 0.3) is 0 Å². The summed E-state index contributed by atoms with van der Waals surface area (Å²) in [6.07, 6.45) is 3.54. The van der Waals surface area contributed by atoms with Crippen molar-refractivity contribution in [2.75, 3.05) is 0 Å². The minimum Gasteiger partial charge on any atom is -0.500 e. The monoisotopic (exact) mass is 1250 g/mol. The zero-order valence-electron chi connectivity index (χ0n) is 12.6. The molecule has 0 spiro atoms. The Bertz CT molecular complexity index is 79.1. The van der Waals surface area contributed by atoms with Crippen LogP contribution in [0.4, 0.5) is 0 Å². The normalized spacial score (nSPS) is 2.25. The summed E-state index contributed by atoms with van der Waals surface area (Å²) in [4.78, 5) is 0. The molecule has 0 atom stereocenters. The number of rotatable bonds is 2. The minimum absolute atomic E-state index is 0. The Labute approximate surface area is 455 Å². The maximum absolute atomic E-state index is 3.64. The van der Waals surface area contributed by atoms with Crippen LogP contribution in [0.1, 0.15) is 13.3 Å². The molecule has 0 amide bonds. The van der Waals surface area contributed by atoms with Gasteiger partial charge >= 0.3 is 0 Å². The molecule has 0 N–H and O–H groups in total. The molecule has 0 aromatic rings. The van der Waals surface area contributed by atoms with Gasteiger partial charge in [-0.2, -0.15) is 6.42 Å². The summed E-state index contributed by atoms with van der Waals surface area (Å²) >= 11 is 0. The van der Waals surface area contributed by atoms with E-state index in [2.05, 4.69) is 19.2 Å². The molecule has 0 aromatic heterocycles. The second kappa shape index (κ2) is 93.8. The van der Waals surface area contributed by atoms with E-state index in [4.69, 9.17) is 0 Å². The number of hydrogen-bond donors (Lipinski definition) is 0. The zero-order chi connectivity index (χ0) is 4.99. The summed E-state index contributed by atoms with van der Waals surface area (Å²) in [5, 5.41) is 0. The Morgan fingerprint density at radius 3 is 0.800 bits per heavy atom. The Morgan fingerprint density at radius 1 is 0.650 bits per heavy atom. The summed E-state index contributed by atoms with van der Waals surface area (Å²) in [5.74, 6) is 0. The van der Waals surface area contributed by atoms with E-state index in [0.717, 1.165) is 12.0 Å². The van der Waals surface area contributed by atoms with Gasteiger partial charge in [0.1, 0.15) is 0 Å². The molecule has 20 heavy (non-hydrogen) atoms. The quantitative estimate of drug-likeness (QED) is 0.295. The molecule has 13 radical (unpaired) electrons. The van der Waals surface area contributed by atoms with Crippen LogP contribution in [0.15, 0.2) is 18.7 Å². The molecule has 81 valence electrons. The minimum atomic E-state index is 0. The van der Waals surface area contributed by atoms with Gasteiger partial charge in [-0.1, -0.05) is 0 Å². The van der Waals surface area contributed by atoms with Crippen LogP contribution in [-0.4, -0.2) is 0 Å². The third-order valence-electron chi connectivity index (χ3n) is 0.427. The van der Waals surface area contributed by atoms with Crippen molar-refractivity contribution in [3.05, 3.63) is 32.2 Å². The van der Waals surface area contributed by atoms with Crippen LogP contribution in [0.2, 0.25) is 0 Å². The largest absolute Gasteiger partial charge is 0.500 e. The van der Waals surface area contributed by atoms with Crippen LogP contribution in [0.25, 0.3) is 0 Å². The van der Waals surface area contributed by atoms with Gasteiger partial charge in [0.2, 0.25) is 0 Å². The number of hydrogen-bond acceptors (Lipinski definition) is 0. The third kappa shape index (κ3) is 107. The van der Waals surface area contributed by atoms with Gasteiger partial charge in [0, 0.05) is 425 Å². The molecule has 0 aliphatic heterocycles. The first-order valence-electron chi connectivity index (χ1n) is 1.91. The fourth-order valence-electron chi connectivity index (χ4n) is 0.213. The summed E-state index contributed by atoms with van der Waals surface area (Å²) in [7, 11) is 0. The smallest absolute Gasteiger partial charge is 0 e. The van der Waals surface area contributed by atoms with E-state index in [1.54, 1.807) is 0 Å². The molecule has 0 rings (SSSR count). The van der Waals surface area contributed by atoms with E-state index in [-0.39, 0.29) is 433 Å². The molecule has 0 aliphatic carbocycles. The Morgan fingerprint density at radius 2 is 0.800 bits per heavy atom. The van der Waals surface area contributed by atoms with Gasteiger partial charge in [-0.15, -0.1) is 12.2 Å². The van der Waals surface area contributed by atoms with Crippen LogP contribution < -0.4 is 0 Å². The summed E-state index contributed by atoms with van der Waals surface area (Å²) in [6.45, 7) is 9.01. The van der Waals surface area contributed by atoms with Gasteiger partial charge < -0.3 is 13.5 Å². The third-order valence-corrected chi connectivity index (χ3v) is 0.427. The molecule has 0 bridgehead atoms. The molecule has 0 aromatic carbocycles. The van der Waals surface area contributed by atoms with Crippen LogP contribution in [0, 0.1) is 13.5 Å². The topological polar surface area (TPSA) is 0 Å². The Balaban J connectivity index is -0.00000000137. The van der Waals surface area contributed by atoms with Crippen LogP contribution >= 0.6 is 0 Å². The number of allylic oxidation sites excluding steroid dienone is 2. The van der Waals surface area contributed by atoms with Crippen LogP contribution in [0.5, 0.6) is 0 Å². The summed E-state index contributed by atoms with van der Waals surface area (Å²) < 4.78 is 0. The Kier molecular flexibility index (Phi) is 482. The van der Waals surface area contributed by atoms with E-state index in [9.17, 15) is 0 Å². The van der Waals surface area contributed by atoms with Crippen molar-refractivity contribution in [3.8, 4) is 0 Å². The van der Waals surface area contributed by atoms with Crippen molar-refractivity contribution >= 4 is 0 Å². The fourth-order valence-corrected chi connectivity index (χ4v) is 0.213. The first-order valence-corrected chi connectivity index (χ1v) is 1.91. The zero-order valence-corrected chi connectivity index (χ0v) is 49.5. The van der Waals surface area contributed by atoms with Gasteiger partial charge in [-0.05, 0) is 6.92 Å². The standard InChI is InChI=1S/C6H9.CH3.13Y/c1-4-5-6(2)3;;;;;;;;;;;;;;/h1-2,5H2,3H3;1H3;;;;;;;;;;;;;/q2*-1;;;;;;;;;;;;;. The van der Waals surface area contributed by atoms with Gasteiger partial charge in [-0.3, -0.25) is 6.58 Å². The molecule has 0 heterocycles. The second-order valence-corrected chi connectivity index (χ2v) is 1.38. The maximum Gasteiger partial charge on any atom is 0 e. The molecule has 0 unspecified atom stereocenters. The van der Waals surface area contributed by atoms with E-state index >= 15 is 0 Å². The van der Waals surface area contributed by atoms with E-state index < -0.39 is 0 Å². The predicted molar refractivity (Wildman–Crippen MR) is 34.7 cm³/mol. The van der Waals surface area contributed by atoms with Crippen molar-refractivity contribution in [2.45, 2.75) is 13.3 Å². The molecule has 0 fully saturated rings.